The molecule has 5 nitrogen and oxygen atoms in total. The van der Waals surface area contributed by atoms with E-state index in [4.69, 9.17) is 10.5 Å². The molecule has 0 amide bonds. The van der Waals surface area contributed by atoms with Crippen LogP contribution in [-0.4, -0.2) is 32.6 Å². The smallest absolute Gasteiger partial charge is 0.151 e. The van der Waals surface area contributed by atoms with Crippen LogP contribution in [0.1, 0.15) is 20.8 Å². The fourth-order valence-corrected chi connectivity index (χ4v) is 2.26. The average molecular weight is 286 g/mol. The number of anilines is 2. The van der Waals surface area contributed by atoms with Crippen molar-refractivity contribution in [3.63, 3.8) is 0 Å². The van der Waals surface area contributed by atoms with Gasteiger partial charge in [-0.05, 0) is 19.9 Å². The third kappa shape index (κ3) is 5.83. The van der Waals surface area contributed by atoms with Crippen molar-refractivity contribution in [1.82, 2.24) is 0 Å². The molecule has 0 spiro atoms. The average Bonchev–Trinajstić information content (AvgIpc) is 2.27. The molecule has 0 fully saturated rings. The lowest BCUT2D eigenvalue weighted by molar-refractivity contribution is 0.242. The van der Waals surface area contributed by atoms with Crippen molar-refractivity contribution in [3.8, 4) is 5.75 Å². The molecular formula is C13H22N2O3S. The minimum atomic E-state index is -2.95. The maximum Gasteiger partial charge on any atom is 0.151 e. The highest BCUT2D eigenvalue weighted by atomic mass is 32.2. The summed E-state index contributed by atoms with van der Waals surface area (Å²) in [5.74, 6) is 0.947. The van der Waals surface area contributed by atoms with Gasteiger partial charge in [0.25, 0.3) is 0 Å². The quantitative estimate of drug-likeness (QED) is 0.748. The molecule has 0 bridgehead atoms. The highest BCUT2D eigenvalue weighted by Gasteiger charge is 2.07. The van der Waals surface area contributed by atoms with Gasteiger partial charge in [-0.3, -0.25) is 0 Å². The topological polar surface area (TPSA) is 81.4 Å². The third-order valence-electron chi connectivity index (χ3n) is 2.48. The van der Waals surface area contributed by atoms with Crippen molar-refractivity contribution in [2.75, 3.05) is 29.1 Å². The summed E-state index contributed by atoms with van der Waals surface area (Å²) in [7, 11) is -2.95. The Kier molecular flexibility index (Phi) is 5.47. The number of nitrogen functional groups attached to an aromatic ring is 1. The van der Waals surface area contributed by atoms with Crippen molar-refractivity contribution in [2.24, 2.45) is 0 Å². The number of nitrogens with one attached hydrogen (secondary N) is 1. The Morgan fingerprint density at radius 3 is 2.58 bits per heavy atom. The van der Waals surface area contributed by atoms with Crippen LogP contribution in [0.4, 0.5) is 11.4 Å². The molecule has 0 aliphatic rings. The first-order chi connectivity index (χ1) is 8.82. The summed E-state index contributed by atoms with van der Waals surface area (Å²) in [6.45, 7) is 5.87. The summed E-state index contributed by atoms with van der Waals surface area (Å²) in [5.41, 5.74) is 7.13. The Morgan fingerprint density at radius 2 is 2.00 bits per heavy atom. The zero-order chi connectivity index (χ0) is 14.5. The summed E-state index contributed by atoms with van der Waals surface area (Å²) >= 11 is 0. The second kappa shape index (κ2) is 6.65. The Labute approximate surface area is 115 Å². The standard InChI is InChI=1S/C13H22N2O3S/c1-4-19(16,17)6-5-15-12-7-11(14)8-13(9-12)18-10(2)3/h7-10,15H,4-6,14H2,1-3H3. The van der Waals surface area contributed by atoms with Crippen molar-refractivity contribution in [3.05, 3.63) is 18.2 Å². The molecule has 0 saturated carbocycles. The summed E-state index contributed by atoms with van der Waals surface area (Å²) < 4.78 is 28.3. The van der Waals surface area contributed by atoms with E-state index >= 15 is 0 Å². The number of rotatable bonds is 7. The predicted molar refractivity (Wildman–Crippen MR) is 79.4 cm³/mol. The van der Waals surface area contributed by atoms with Crippen LogP contribution in [-0.2, 0) is 9.84 Å². The molecule has 108 valence electrons. The van der Waals surface area contributed by atoms with Crippen LogP contribution in [0.15, 0.2) is 18.2 Å². The zero-order valence-electron chi connectivity index (χ0n) is 11.6. The SMILES string of the molecule is CCS(=O)(=O)CCNc1cc(N)cc(OC(C)C)c1. The van der Waals surface area contributed by atoms with Gasteiger partial charge in [-0.15, -0.1) is 0 Å². The number of hydrogen-bond donors (Lipinski definition) is 2. The molecule has 1 aromatic carbocycles. The Morgan fingerprint density at radius 1 is 1.32 bits per heavy atom. The van der Waals surface area contributed by atoms with Crippen LogP contribution in [0.2, 0.25) is 0 Å². The normalized spacial score (nSPS) is 11.6. The molecule has 0 aliphatic heterocycles. The lowest BCUT2D eigenvalue weighted by Gasteiger charge is -2.13. The molecule has 3 N–H and O–H groups in total. The van der Waals surface area contributed by atoms with E-state index in [1.807, 2.05) is 19.9 Å². The first kappa shape index (κ1) is 15.6. The largest absolute Gasteiger partial charge is 0.491 e. The number of benzene rings is 1. The molecule has 0 aromatic heterocycles. The molecule has 0 aliphatic carbocycles. The van der Waals surface area contributed by atoms with Crippen molar-refractivity contribution < 1.29 is 13.2 Å². The van der Waals surface area contributed by atoms with E-state index in [2.05, 4.69) is 5.32 Å². The van der Waals surface area contributed by atoms with Gasteiger partial charge in [-0.1, -0.05) is 6.92 Å². The molecular weight excluding hydrogens is 264 g/mol. The van der Waals surface area contributed by atoms with Crippen LogP contribution in [0.5, 0.6) is 5.75 Å². The van der Waals surface area contributed by atoms with Gasteiger partial charge in [0.2, 0.25) is 0 Å². The molecule has 0 saturated heterocycles. The summed E-state index contributed by atoms with van der Waals surface area (Å²) in [4.78, 5) is 0. The maximum atomic E-state index is 11.4. The number of ether oxygens (including phenoxy) is 1. The van der Waals surface area contributed by atoms with Crippen molar-refractivity contribution >= 4 is 21.2 Å². The van der Waals surface area contributed by atoms with Crippen LogP contribution in [0, 0.1) is 0 Å². The first-order valence-electron chi connectivity index (χ1n) is 6.34. The van der Waals surface area contributed by atoms with E-state index in [-0.39, 0.29) is 17.6 Å². The van der Waals surface area contributed by atoms with Gasteiger partial charge < -0.3 is 15.8 Å². The molecule has 0 heterocycles. The van der Waals surface area contributed by atoms with Crippen molar-refractivity contribution in [1.29, 1.82) is 0 Å². The van der Waals surface area contributed by atoms with Gasteiger partial charge in [0, 0.05) is 35.8 Å². The lowest BCUT2D eigenvalue weighted by Crippen LogP contribution is -2.17. The molecule has 0 atom stereocenters. The summed E-state index contributed by atoms with van der Waals surface area (Å²) in [6.07, 6.45) is 0.0649. The molecule has 6 heteroatoms. The zero-order valence-corrected chi connectivity index (χ0v) is 12.5. The third-order valence-corrected chi connectivity index (χ3v) is 4.19. The minimum absolute atomic E-state index is 0.0649. The van der Waals surface area contributed by atoms with Crippen molar-refractivity contribution in [2.45, 2.75) is 26.9 Å². The second-order valence-electron chi connectivity index (χ2n) is 4.62. The van der Waals surface area contributed by atoms with Crippen LogP contribution < -0.4 is 15.8 Å². The maximum absolute atomic E-state index is 11.4. The fourth-order valence-electron chi connectivity index (χ4n) is 1.56. The van der Waals surface area contributed by atoms with Crippen LogP contribution >= 0.6 is 0 Å². The fraction of sp³-hybridized carbons (Fsp3) is 0.538. The Bertz CT molecular complexity index is 513. The highest BCUT2D eigenvalue weighted by molar-refractivity contribution is 7.91. The molecule has 0 radical (unpaired) electrons. The first-order valence-corrected chi connectivity index (χ1v) is 8.16. The van der Waals surface area contributed by atoms with E-state index < -0.39 is 9.84 Å². The van der Waals surface area contributed by atoms with Gasteiger partial charge in [0.15, 0.2) is 9.84 Å². The van der Waals surface area contributed by atoms with Gasteiger partial charge in [0.1, 0.15) is 5.75 Å². The molecule has 19 heavy (non-hydrogen) atoms. The minimum Gasteiger partial charge on any atom is -0.491 e. The van der Waals surface area contributed by atoms with Gasteiger partial charge in [-0.25, -0.2) is 8.42 Å². The molecule has 1 rings (SSSR count). The second-order valence-corrected chi connectivity index (χ2v) is 7.09. The lowest BCUT2D eigenvalue weighted by atomic mass is 10.2. The van der Waals surface area contributed by atoms with E-state index in [1.165, 1.54) is 0 Å². The predicted octanol–water partition coefficient (Wildman–Crippen LogP) is 1.90. The molecule has 0 unspecified atom stereocenters. The Hall–Kier alpha value is -1.43. The van der Waals surface area contributed by atoms with Gasteiger partial charge in [0.05, 0.1) is 11.9 Å². The van der Waals surface area contributed by atoms with E-state index in [1.54, 1.807) is 19.1 Å². The van der Waals surface area contributed by atoms with Gasteiger partial charge in [-0.2, -0.15) is 0 Å². The number of sulfone groups is 1. The van der Waals surface area contributed by atoms with Gasteiger partial charge >= 0.3 is 0 Å². The van der Waals surface area contributed by atoms with E-state index in [0.29, 0.717) is 18.0 Å². The van der Waals surface area contributed by atoms with E-state index in [9.17, 15) is 8.42 Å². The number of nitrogens with two attached hydrogens (primary N) is 1. The number of hydrogen-bond acceptors (Lipinski definition) is 5. The van der Waals surface area contributed by atoms with Crippen LogP contribution in [0.25, 0.3) is 0 Å². The summed E-state index contributed by atoms with van der Waals surface area (Å²) in [6, 6.07) is 5.31. The van der Waals surface area contributed by atoms with Crippen LogP contribution in [0.3, 0.4) is 0 Å². The monoisotopic (exact) mass is 286 g/mol. The summed E-state index contributed by atoms with van der Waals surface area (Å²) in [5, 5.41) is 3.05. The molecule has 1 aromatic rings. The highest BCUT2D eigenvalue weighted by Crippen LogP contribution is 2.23. The van der Waals surface area contributed by atoms with E-state index in [0.717, 1.165) is 5.69 Å². The Balaban J connectivity index is 2.66.